The van der Waals surface area contributed by atoms with Gasteiger partial charge in [-0.15, -0.1) is 12.4 Å². The number of benzene rings is 1. The first-order valence-corrected chi connectivity index (χ1v) is 10.2. The molecule has 0 radical (unpaired) electrons. The molecule has 1 aromatic carbocycles. The van der Waals surface area contributed by atoms with Crippen LogP contribution in [0.1, 0.15) is 19.3 Å². The lowest BCUT2D eigenvalue weighted by Gasteiger charge is -2.36. The number of amides is 1. The summed E-state index contributed by atoms with van der Waals surface area (Å²) in [6.45, 7) is 1.17. The SMILES string of the molecule is Cl.NC[C@H]1CCC[C@H]1C(=O)N1CCN(S(=O)(=O)c2ccc(F)cc2F)CC1. The molecule has 1 amide bonds. The van der Waals surface area contributed by atoms with E-state index in [2.05, 4.69) is 0 Å². The molecule has 152 valence electrons. The lowest BCUT2D eigenvalue weighted by atomic mass is 9.94. The molecule has 0 aromatic heterocycles. The molecule has 2 N–H and O–H groups in total. The van der Waals surface area contributed by atoms with Crippen LogP contribution in [0, 0.1) is 23.5 Å². The minimum Gasteiger partial charge on any atom is -0.340 e. The highest BCUT2D eigenvalue weighted by Gasteiger charge is 2.37. The van der Waals surface area contributed by atoms with Crippen molar-refractivity contribution in [3.8, 4) is 0 Å². The van der Waals surface area contributed by atoms with Crippen LogP contribution < -0.4 is 5.73 Å². The molecule has 0 spiro atoms. The summed E-state index contributed by atoms with van der Waals surface area (Å²) in [4.78, 5) is 13.8. The highest BCUT2D eigenvalue weighted by atomic mass is 35.5. The first kappa shape index (κ1) is 22.0. The fourth-order valence-electron chi connectivity index (χ4n) is 3.85. The molecule has 6 nitrogen and oxygen atoms in total. The van der Waals surface area contributed by atoms with Crippen molar-refractivity contribution < 1.29 is 22.0 Å². The van der Waals surface area contributed by atoms with Gasteiger partial charge in [0.25, 0.3) is 0 Å². The quantitative estimate of drug-likeness (QED) is 0.797. The normalized spacial score (nSPS) is 23.9. The molecule has 1 heterocycles. The number of carbonyl (C=O) groups excluding carboxylic acids is 1. The third-order valence-corrected chi connectivity index (χ3v) is 7.27. The molecular formula is C17H24ClF2N3O3S. The van der Waals surface area contributed by atoms with E-state index in [1.165, 1.54) is 0 Å². The first-order valence-electron chi connectivity index (χ1n) is 8.78. The van der Waals surface area contributed by atoms with E-state index in [0.29, 0.717) is 12.6 Å². The van der Waals surface area contributed by atoms with E-state index in [4.69, 9.17) is 5.73 Å². The zero-order chi connectivity index (χ0) is 18.9. The predicted molar refractivity (Wildman–Crippen MR) is 98.8 cm³/mol. The summed E-state index contributed by atoms with van der Waals surface area (Å²) >= 11 is 0. The van der Waals surface area contributed by atoms with Gasteiger partial charge in [0.15, 0.2) is 0 Å². The monoisotopic (exact) mass is 423 g/mol. The molecule has 27 heavy (non-hydrogen) atoms. The Morgan fingerprint density at radius 1 is 1.15 bits per heavy atom. The standard InChI is InChI=1S/C17H23F2N3O3S.ClH/c18-13-4-5-16(15(19)10-13)26(24,25)22-8-6-21(7-9-22)17(23)14-3-1-2-12(14)11-20;/h4-5,10,12,14H,1-3,6-9,11,20H2;1H/t12-,14-;/m1./s1. The van der Waals surface area contributed by atoms with E-state index in [1.807, 2.05) is 0 Å². The van der Waals surface area contributed by atoms with Crippen LogP contribution in [0.4, 0.5) is 8.78 Å². The van der Waals surface area contributed by atoms with Crippen molar-refractivity contribution in [2.75, 3.05) is 32.7 Å². The van der Waals surface area contributed by atoms with E-state index in [-0.39, 0.29) is 56.3 Å². The average Bonchev–Trinajstić information content (AvgIpc) is 3.09. The number of nitrogens with two attached hydrogens (primary N) is 1. The van der Waals surface area contributed by atoms with Crippen LogP contribution in [0.25, 0.3) is 0 Å². The Hall–Kier alpha value is -1.29. The van der Waals surface area contributed by atoms with Gasteiger partial charge in [-0.1, -0.05) is 6.42 Å². The molecule has 0 bridgehead atoms. The summed E-state index contributed by atoms with van der Waals surface area (Å²) in [5, 5.41) is 0. The van der Waals surface area contributed by atoms with Gasteiger partial charge in [0, 0.05) is 38.2 Å². The number of sulfonamides is 1. The molecule has 1 aromatic rings. The van der Waals surface area contributed by atoms with Gasteiger partial charge in [0.2, 0.25) is 15.9 Å². The van der Waals surface area contributed by atoms with Crippen LogP contribution in [-0.4, -0.2) is 56.3 Å². The van der Waals surface area contributed by atoms with Gasteiger partial charge in [-0.25, -0.2) is 17.2 Å². The van der Waals surface area contributed by atoms with E-state index in [0.717, 1.165) is 35.7 Å². The molecule has 1 aliphatic heterocycles. The second-order valence-electron chi connectivity index (χ2n) is 6.84. The van der Waals surface area contributed by atoms with Crippen LogP contribution in [-0.2, 0) is 14.8 Å². The Bertz CT molecular complexity index is 786. The summed E-state index contributed by atoms with van der Waals surface area (Å²) in [7, 11) is -4.06. The highest BCUT2D eigenvalue weighted by Crippen LogP contribution is 2.33. The van der Waals surface area contributed by atoms with E-state index < -0.39 is 26.6 Å². The molecule has 2 aliphatic rings. The number of hydrogen-bond donors (Lipinski definition) is 1. The second-order valence-corrected chi connectivity index (χ2v) is 8.74. The summed E-state index contributed by atoms with van der Waals surface area (Å²) in [5.41, 5.74) is 5.74. The Kier molecular flexibility index (Phi) is 7.18. The zero-order valence-electron chi connectivity index (χ0n) is 14.8. The number of halogens is 3. The second kappa shape index (κ2) is 8.81. The number of hydrogen-bond acceptors (Lipinski definition) is 4. The molecule has 2 fully saturated rings. The maximum Gasteiger partial charge on any atom is 0.246 e. The lowest BCUT2D eigenvalue weighted by molar-refractivity contribution is -0.137. The molecule has 1 saturated heterocycles. The maximum atomic E-state index is 13.9. The van der Waals surface area contributed by atoms with E-state index >= 15 is 0 Å². The van der Waals surface area contributed by atoms with Crippen LogP contribution in [0.5, 0.6) is 0 Å². The molecule has 2 atom stereocenters. The number of nitrogens with zero attached hydrogens (tertiary/aromatic N) is 2. The summed E-state index contributed by atoms with van der Waals surface area (Å²) < 4.78 is 53.2. The van der Waals surface area contributed by atoms with Crippen molar-refractivity contribution in [3.05, 3.63) is 29.8 Å². The van der Waals surface area contributed by atoms with Crippen molar-refractivity contribution in [3.63, 3.8) is 0 Å². The van der Waals surface area contributed by atoms with Gasteiger partial charge in [-0.05, 0) is 37.4 Å². The molecule has 1 saturated carbocycles. The minimum absolute atomic E-state index is 0. The van der Waals surface area contributed by atoms with Crippen LogP contribution in [0.3, 0.4) is 0 Å². The summed E-state index contributed by atoms with van der Waals surface area (Å²) in [5.74, 6) is -1.80. The molecular weight excluding hydrogens is 400 g/mol. The molecule has 3 rings (SSSR count). The van der Waals surface area contributed by atoms with Crippen LogP contribution >= 0.6 is 12.4 Å². The largest absolute Gasteiger partial charge is 0.340 e. The topological polar surface area (TPSA) is 83.7 Å². The van der Waals surface area contributed by atoms with E-state index in [1.54, 1.807) is 4.90 Å². The average molecular weight is 424 g/mol. The van der Waals surface area contributed by atoms with Crippen molar-refractivity contribution >= 4 is 28.3 Å². The fraction of sp³-hybridized carbons (Fsp3) is 0.588. The van der Waals surface area contributed by atoms with Gasteiger partial charge in [-0.2, -0.15) is 4.31 Å². The Morgan fingerprint density at radius 3 is 2.41 bits per heavy atom. The smallest absolute Gasteiger partial charge is 0.246 e. The third kappa shape index (κ3) is 4.42. The number of piperazine rings is 1. The van der Waals surface area contributed by atoms with Gasteiger partial charge in [0.05, 0.1) is 0 Å². The number of carbonyl (C=O) groups is 1. The third-order valence-electron chi connectivity index (χ3n) is 5.34. The molecule has 0 unspecified atom stereocenters. The molecule has 1 aliphatic carbocycles. The lowest BCUT2D eigenvalue weighted by Crippen LogP contribution is -2.52. The van der Waals surface area contributed by atoms with Gasteiger partial charge >= 0.3 is 0 Å². The Balaban J connectivity index is 0.00000261. The van der Waals surface area contributed by atoms with Crippen molar-refractivity contribution in [2.24, 2.45) is 17.6 Å². The number of rotatable bonds is 4. The first-order chi connectivity index (χ1) is 12.3. The van der Waals surface area contributed by atoms with Crippen molar-refractivity contribution in [1.82, 2.24) is 9.21 Å². The van der Waals surface area contributed by atoms with E-state index in [9.17, 15) is 22.0 Å². The summed E-state index contributed by atoms with van der Waals surface area (Å²) in [6.07, 6.45) is 2.75. The fourth-order valence-corrected chi connectivity index (χ4v) is 5.32. The minimum atomic E-state index is -4.06. The Labute approximate surface area is 164 Å². The predicted octanol–water partition coefficient (Wildman–Crippen LogP) is 1.59. The summed E-state index contributed by atoms with van der Waals surface area (Å²) in [6, 6.07) is 2.41. The Morgan fingerprint density at radius 2 is 1.81 bits per heavy atom. The zero-order valence-corrected chi connectivity index (χ0v) is 16.4. The van der Waals surface area contributed by atoms with Crippen molar-refractivity contribution in [1.29, 1.82) is 0 Å². The van der Waals surface area contributed by atoms with Gasteiger partial charge in [0.1, 0.15) is 16.5 Å². The van der Waals surface area contributed by atoms with Crippen molar-refractivity contribution in [2.45, 2.75) is 24.2 Å². The highest BCUT2D eigenvalue weighted by molar-refractivity contribution is 7.89. The maximum absolute atomic E-state index is 13.9. The van der Waals surface area contributed by atoms with Crippen LogP contribution in [0.2, 0.25) is 0 Å². The van der Waals surface area contributed by atoms with Crippen LogP contribution in [0.15, 0.2) is 23.1 Å². The molecule has 10 heteroatoms. The van der Waals surface area contributed by atoms with Gasteiger partial charge in [-0.3, -0.25) is 4.79 Å². The van der Waals surface area contributed by atoms with Gasteiger partial charge < -0.3 is 10.6 Å².